The van der Waals surface area contributed by atoms with Crippen LogP contribution in [-0.4, -0.2) is 68.5 Å². The van der Waals surface area contributed by atoms with Gasteiger partial charge in [-0.2, -0.15) is 5.10 Å². The Hall–Kier alpha value is -3.89. The highest BCUT2D eigenvalue weighted by Gasteiger charge is 2.26. The number of nitrogens with zero attached hydrogens (tertiary/aromatic N) is 6. The molecule has 0 saturated carbocycles. The van der Waals surface area contributed by atoms with Crippen molar-refractivity contribution in [2.24, 2.45) is 0 Å². The predicted octanol–water partition coefficient (Wildman–Crippen LogP) is 2.81. The molecular weight excluding hydrogens is 497 g/mol. The molecule has 3 aromatic heterocycles. The fourth-order valence-corrected chi connectivity index (χ4v) is 5.47. The molecule has 202 valence electrons. The number of pyridine rings is 1. The Balaban J connectivity index is 1.17. The van der Waals surface area contributed by atoms with Crippen LogP contribution < -0.4 is 15.3 Å². The fraction of sp³-hybridized carbons (Fsp3) is 0.379. The summed E-state index contributed by atoms with van der Waals surface area (Å²) in [7, 11) is 1.62. The Morgan fingerprint density at radius 3 is 2.92 bits per heavy atom. The number of ether oxygens (including phenoxy) is 2. The van der Waals surface area contributed by atoms with Crippen molar-refractivity contribution >= 4 is 12.2 Å². The average molecular weight is 530 g/mol. The van der Waals surface area contributed by atoms with E-state index in [0.29, 0.717) is 31.1 Å². The number of H-pyrrole nitrogens is 1. The van der Waals surface area contributed by atoms with Crippen molar-refractivity contribution in [1.82, 2.24) is 35.1 Å². The lowest BCUT2D eigenvalue weighted by atomic mass is 9.94. The van der Waals surface area contributed by atoms with E-state index >= 15 is 0 Å². The zero-order valence-electron chi connectivity index (χ0n) is 22.0. The largest absolute Gasteiger partial charge is 0.491 e. The third-order valence-corrected chi connectivity index (χ3v) is 7.50. The highest BCUT2D eigenvalue weighted by Crippen LogP contribution is 2.30. The summed E-state index contributed by atoms with van der Waals surface area (Å²) in [6.45, 7) is 3.04. The van der Waals surface area contributed by atoms with E-state index in [-0.39, 0.29) is 17.8 Å². The van der Waals surface area contributed by atoms with Gasteiger partial charge in [-0.25, -0.2) is 9.07 Å². The number of likely N-dealkylation sites (tertiary alicyclic amines) is 1. The van der Waals surface area contributed by atoms with Gasteiger partial charge in [0.15, 0.2) is 0 Å². The first-order valence-corrected chi connectivity index (χ1v) is 13.4. The van der Waals surface area contributed by atoms with Crippen molar-refractivity contribution in [2.45, 2.75) is 37.8 Å². The van der Waals surface area contributed by atoms with Crippen LogP contribution in [0.4, 0.5) is 4.39 Å². The van der Waals surface area contributed by atoms with Crippen LogP contribution >= 0.6 is 0 Å². The quantitative estimate of drug-likeness (QED) is 0.333. The number of fused-ring (bicyclic) bond motifs is 1. The number of halogens is 1. The SMILES string of the molecule is COCCOc1cccc(F)c1CN1CCC[C@@H](c2cn(C3C=c4c(-c5ccncc5)n[nH]c4=CC3)nn2)C1. The molecule has 1 aromatic carbocycles. The topological polar surface area (TPSA) is 94.0 Å². The summed E-state index contributed by atoms with van der Waals surface area (Å²) >= 11 is 0. The lowest BCUT2D eigenvalue weighted by Crippen LogP contribution is -2.34. The highest BCUT2D eigenvalue weighted by atomic mass is 19.1. The van der Waals surface area contributed by atoms with Crippen LogP contribution in [0.3, 0.4) is 0 Å². The van der Waals surface area contributed by atoms with Crippen LogP contribution in [0.25, 0.3) is 23.4 Å². The van der Waals surface area contributed by atoms with E-state index in [2.05, 4.69) is 48.7 Å². The molecule has 2 atom stereocenters. The van der Waals surface area contributed by atoms with E-state index in [1.807, 2.05) is 22.9 Å². The van der Waals surface area contributed by atoms with Crippen LogP contribution in [0, 0.1) is 5.82 Å². The molecule has 0 spiro atoms. The summed E-state index contributed by atoms with van der Waals surface area (Å²) in [6, 6.07) is 8.99. The molecule has 10 heteroatoms. The molecule has 1 fully saturated rings. The number of hydrogen-bond donors (Lipinski definition) is 1. The van der Waals surface area contributed by atoms with E-state index in [0.717, 1.165) is 59.9 Å². The first kappa shape index (κ1) is 25.4. The number of aromatic amines is 1. The van der Waals surface area contributed by atoms with Gasteiger partial charge in [-0.1, -0.05) is 17.4 Å². The van der Waals surface area contributed by atoms with Crippen LogP contribution in [0.5, 0.6) is 5.75 Å². The highest BCUT2D eigenvalue weighted by molar-refractivity contribution is 5.62. The third-order valence-electron chi connectivity index (χ3n) is 7.50. The standard InChI is InChI=1S/C29H32FN7O2/c1-38-14-15-39-28-6-2-5-25(30)24(28)18-36-13-3-4-21(17-36)27-19-37(35-33-27)22-7-8-26-23(16-22)29(34-32-26)20-9-11-31-12-10-20/h2,5-6,8-12,16,19,21-22,32H,3-4,7,13-15,17-18H2,1H3/t21-,22?/m1/s1. The Morgan fingerprint density at radius 2 is 2.05 bits per heavy atom. The molecule has 4 aromatic rings. The van der Waals surface area contributed by atoms with E-state index < -0.39 is 0 Å². The van der Waals surface area contributed by atoms with Gasteiger partial charge < -0.3 is 9.47 Å². The van der Waals surface area contributed by atoms with E-state index in [4.69, 9.17) is 9.47 Å². The van der Waals surface area contributed by atoms with Gasteiger partial charge in [0, 0.05) is 61.1 Å². The molecule has 1 aliphatic heterocycles. The fourth-order valence-electron chi connectivity index (χ4n) is 5.47. The molecule has 1 N–H and O–H groups in total. The van der Waals surface area contributed by atoms with E-state index in [1.54, 1.807) is 25.6 Å². The Bertz CT molecular complexity index is 1530. The predicted molar refractivity (Wildman–Crippen MR) is 145 cm³/mol. The van der Waals surface area contributed by atoms with Crippen LogP contribution in [0.2, 0.25) is 0 Å². The van der Waals surface area contributed by atoms with Gasteiger partial charge >= 0.3 is 0 Å². The normalized spacial score (nSPS) is 19.2. The van der Waals surface area contributed by atoms with Gasteiger partial charge in [-0.15, -0.1) is 5.10 Å². The maximum atomic E-state index is 14.8. The van der Waals surface area contributed by atoms with Gasteiger partial charge in [-0.3, -0.25) is 15.0 Å². The van der Waals surface area contributed by atoms with Crippen molar-refractivity contribution < 1.29 is 13.9 Å². The van der Waals surface area contributed by atoms with Crippen LogP contribution in [-0.2, 0) is 11.3 Å². The van der Waals surface area contributed by atoms with Gasteiger partial charge in [0.25, 0.3) is 0 Å². The minimum atomic E-state index is -0.244. The van der Waals surface area contributed by atoms with Gasteiger partial charge in [0.05, 0.1) is 29.4 Å². The molecule has 1 saturated heterocycles. The first-order valence-electron chi connectivity index (χ1n) is 13.4. The summed E-state index contributed by atoms with van der Waals surface area (Å²) in [4.78, 5) is 6.40. The molecule has 1 aliphatic carbocycles. The number of piperidine rings is 1. The minimum Gasteiger partial charge on any atom is -0.491 e. The second kappa shape index (κ2) is 11.5. The number of benzene rings is 1. The average Bonchev–Trinajstić information content (AvgIpc) is 3.63. The molecule has 4 heterocycles. The summed E-state index contributed by atoms with van der Waals surface area (Å²) in [6.07, 6.45) is 12.9. The summed E-state index contributed by atoms with van der Waals surface area (Å²) in [5, 5.41) is 18.9. The van der Waals surface area contributed by atoms with Crippen LogP contribution in [0.1, 0.15) is 42.5 Å². The summed E-state index contributed by atoms with van der Waals surface area (Å²) in [5.74, 6) is 0.572. The Labute approximate surface area is 226 Å². The molecule has 2 aliphatic rings. The Kier molecular flexibility index (Phi) is 7.46. The van der Waals surface area contributed by atoms with E-state index in [1.165, 1.54) is 6.07 Å². The first-order chi connectivity index (χ1) is 19.2. The molecular formula is C29H32FN7O2. The maximum absolute atomic E-state index is 14.8. The van der Waals surface area contributed by atoms with E-state index in [9.17, 15) is 4.39 Å². The maximum Gasteiger partial charge on any atom is 0.131 e. The number of nitrogens with one attached hydrogen (secondary N) is 1. The van der Waals surface area contributed by atoms with Crippen molar-refractivity contribution in [3.63, 3.8) is 0 Å². The second-order valence-electron chi connectivity index (χ2n) is 10.1. The van der Waals surface area contributed by atoms with Crippen molar-refractivity contribution in [3.05, 3.63) is 76.6 Å². The molecule has 1 unspecified atom stereocenters. The molecule has 6 rings (SSSR count). The zero-order chi connectivity index (χ0) is 26.6. The number of aromatic nitrogens is 6. The van der Waals surface area contributed by atoms with Gasteiger partial charge in [-0.05, 0) is 56.1 Å². The number of hydrogen-bond acceptors (Lipinski definition) is 7. The summed E-state index contributed by atoms with van der Waals surface area (Å²) < 4.78 is 27.6. The van der Waals surface area contributed by atoms with Crippen molar-refractivity contribution in [1.29, 1.82) is 0 Å². The third kappa shape index (κ3) is 5.48. The lowest BCUT2D eigenvalue weighted by molar-refractivity contribution is 0.143. The molecule has 0 bridgehead atoms. The van der Waals surface area contributed by atoms with Gasteiger partial charge in [0.1, 0.15) is 18.2 Å². The zero-order valence-corrected chi connectivity index (χ0v) is 22.0. The molecule has 9 nitrogen and oxygen atoms in total. The number of rotatable bonds is 9. The second-order valence-corrected chi connectivity index (χ2v) is 10.1. The number of methoxy groups -OCH3 is 1. The molecule has 39 heavy (non-hydrogen) atoms. The van der Waals surface area contributed by atoms with Crippen molar-refractivity contribution in [3.8, 4) is 17.0 Å². The van der Waals surface area contributed by atoms with Gasteiger partial charge in [0.2, 0.25) is 0 Å². The van der Waals surface area contributed by atoms with Crippen molar-refractivity contribution in [2.75, 3.05) is 33.4 Å². The molecule has 0 radical (unpaired) electrons. The van der Waals surface area contributed by atoms with Crippen LogP contribution in [0.15, 0.2) is 48.9 Å². The monoisotopic (exact) mass is 529 g/mol. The summed E-state index contributed by atoms with van der Waals surface area (Å²) in [5.41, 5.74) is 3.50. The molecule has 0 amide bonds. The minimum absolute atomic E-state index is 0.0573. The Morgan fingerprint density at radius 1 is 1.15 bits per heavy atom. The lowest BCUT2D eigenvalue weighted by Gasteiger charge is -2.32. The smallest absolute Gasteiger partial charge is 0.131 e.